The minimum atomic E-state index is -3.34. The second-order valence-corrected chi connectivity index (χ2v) is 8.87. The van der Waals surface area contributed by atoms with E-state index in [1.807, 2.05) is 10.7 Å². The quantitative estimate of drug-likeness (QED) is 0.764. The molecule has 1 saturated heterocycles. The van der Waals surface area contributed by atoms with E-state index >= 15 is 0 Å². The number of piperidine rings is 1. The van der Waals surface area contributed by atoms with Gasteiger partial charge in [-0.3, -0.25) is 9.67 Å². The summed E-state index contributed by atoms with van der Waals surface area (Å²) in [6, 6.07) is 1.95. The second-order valence-electron chi connectivity index (χ2n) is 6.73. The molecule has 3 rings (SSSR count). The maximum atomic E-state index is 12.3. The lowest BCUT2D eigenvalue weighted by molar-refractivity contribution is 0.300. The number of hydrogen-bond acceptors (Lipinski definition) is 5. The Labute approximate surface area is 155 Å². The van der Waals surface area contributed by atoms with Gasteiger partial charge in [-0.15, -0.1) is 0 Å². The standard InChI is InChI=1S/C17H26N6O2S/c1-4-9-23-17(5-8-19-23)16-13-18-12-15(20-16)14-6-10-22(11-7-14)26(24,25)21(2)3/h5,8,12-14H,4,6-7,9-11H2,1-3H3. The summed E-state index contributed by atoms with van der Waals surface area (Å²) in [5.74, 6) is 0.221. The molecule has 2 aromatic rings. The zero-order valence-electron chi connectivity index (χ0n) is 15.5. The molecule has 0 bridgehead atoms. The van der Waals surface area contributed by atoms with Crippen LogP contribution in [0.15, 0.2) is 24.7 Å². The van der Waals surface area contributed by atoms with Crippen molar-refractivity contribution in [2.75, 3.05) is 27.2 Å². The van der Waals surface area contributed by atoms with Gasteiger partial charge in [-0.25, -0.2) is 4.98 Å². The smallest absolute Gasteiger partial charge is 0.263 e. The van der Waals surface area contributed by atoms with Gasteiger partial charge in [0.15, 0.2) is 0 Å². The highest BCUT2D eigenvalue weighted by Crippen LogP contribution is 2.29. The van der Waals surface area contributed by atoms with E-state index in [1.165, 1.54) is 8.61 Å². The summed E-state index contributed by atoms with van der Waals surface area (Å²) >= 11 is 0. The highest BCUT2D eigenvalue weighted by atomic mass is 32.2. The van der Waals surface area contributed by atoms with E-state index in [1.54, 1.807) is 32.7 Å². The van der Waals surface area contributed by atoms with Crippen molar-refractivity contribution in [2.24, 2.45) is 0 Å². The topological polar surface area (TPSA) is 84.2 Å². The predicted molar refractivity (Wildman–Crippen MR) is 99.7 cm³/mol. The molecule has 0 aromatic carbocycles. The number of aryl methyl sites for hydroxylation is 1. The number of nitrogens with zero attached hydrogens (tertiary/aromatic N) is 6. The number of rotatable bonds is 6. The molecule has 1 fully saturated rings. The Hall–Kier alpha value is -1.84. The largest absolute Gasteiger partial charge is 0.281 e. The molecule has 0 amide bonds. The molecule has 0 saturated carbocycles. The van der Waals surface area contributed by atoms with Crippen molar-refractivity contribution in [3.8, 4) is 11.4 Å². The van der Waals surface area contributed by atoms with Gasteiger partial charge in [-0.05, 0) is 25.3 Å². The average molecular weight is 379 g/mol. The summed E-state index contributed by atoms with van der Waals surface area (Å²) in [4.78, 5) is 9.17. The molecule has 26 heavy (non-hydrogen) atoms. The highest BCUT2D eigenvalue weighted by molar-refractivity contribution is 7.86. The Balaban J connectivity index is 1.75. The van der Waals surface area contributed by atoms with Gasteiger partial charge in [-0.1, -0.05) is 6.92 Å². The summed E-state index contributed by atoms with van der Waals surface area (Å²) < 4.78 is 29.3. The fraction of sp³-hybridized carbons (Fsp3) is 0.588. The normalized spacial score (nSPS) is 17.1. The van der Waals surface area contributed by atoms with E-state index in [0.717, 1.165) is 42.9 Å². The third-order valence-electron chi connectivity index (χ3n) is 4.73. The lowest BCUT2D eigenvalue weighted by Gasteiger charge is -2.32. The molecule has 9 heteroatoms. The molecule has 0 spiro atoms. The van der Waals surface area contributed by atoms with Gasteiger partial charge in [0.05, 0.1) is 17.6 Å². The Morgan fingerprint density at radius 2 is 1.96 bits per heavy atom. The molecule has 142 valence electrons. The first-order chi connectivity index (χ1) is 12.4. The molecular weight excluding hydrogens is 352 g/mol. The monoisotopic (exact) mass is 378 g/mol. The third-order valence-corrected chi connectivity index (χ3v) is 6.67. The van der Waals surface area contributed by atoms with Gasteiger partial charge in [0, 0.05) is 52.0 Å². The van der Waals surface area contributed by atoms with E-state index in [0.29, 0.717) is 13.1 Å². The molecule has 1 aliphatic rings. The van der Waals surface area contributed by atoms with Crippen molar-refractivity contribution in [1.29, 1.82) is 0 Å². The SMILES string of the molecule is CCCn1nccc1-c1cncc(C2CCN(S(=O)(=O)N(C)C)CC2)n1. The molecule has 0 radical (unpaired) electrons. The van der Waals surface area contributed by atoms with E-state index in [4.69, 9.17) is 4.98 Å². The van der Waals surface area contributed by atoms with Gasteiger partial charge in [0.1, 0.15) is 5.69 Å². The van der Waals surface area contributed by atoms with Crippen molar-refractivity contribution in [1.82, 2.24) is 28.4 Å². The molecule has 3 heterocycles. The summed E-state index contributed by atoms with van der Waals surface area (Å²) in [6.45, 7) is 3.97. The molecule has 0 aliphatic carbocycles. The number of aromatic nitrogens is 4. The van der Waals surface area contributed by atoms with Crippen LogP contribution in [0.3, 0.4) is 0 Å². The summed E-state index contributed by atoms with van der Waals surface area (Å²) in [7, 11) is -0.212. The molecule has 1 aliphatic heterocycles. The lowest BCUT2D eigenvalue weighted by atomic mass is 9.95. The zero-order valence-corrected chi connectivity index (χ0v) is 16.4. The van der Waals surface area contributed by atoms with Crippen LogP contribution in [0.25, 0.3) is 11.4 Å². The third kappa shape index (κ3) is 3.79. The molecule has 8 nitrogen and oxygen atoms in total. The van der Waals surface area contributed by atoms with Crippen molar-refractivity contribution in [2.45, 2.75) is 38.6 Å². The number of hydrogen-bond donors (Lipinski definition) is 0. The van der Waals surface area contributed by atoms with Crippen LogP contribution in [-0.4, -0.2) is 64.0 Å². The van der Waals surface area contributed by atoms with Crippen LogP contribution in [0.4, 0.5) is 0 Å². The summed E-state index contributed by atoms with van der Waals surface area (Å²) in [6.07, 6.45) is 7.84. The molecule has 2 aromatic heterocycles. The van der Waals surface area contributed by atoms with Crippen LogP contribution in [0.2, 0.25) is 0 Å². The molecule has 0 atom stereocenters. The van der Waals surface area contributed by atoms with E-state index in [2.05, 4.69) is 17.0 Å². The van der Waals surface area contributed by atoms with Crippen LogP contribution in [0, 0.1) is 0 Å². The Morgan fingerprint density at radius 3 is 2.62 bits per heavy atom. The van der Waals surface area contributed by atoms with Gasteiger partial charge in [0.2, 0.25) is 0 Å². The van der Waals surface area contributed by atoms with E-state index in [-0.39, 0.29) is 5.92 Å². The molecular formula is C17H26N6O2S. The van der Waals surface area contributed by atoms with Crippen molar-refractivity contribution in [3.05, 3.63) is 30.4 Å². The fourth-order valence-electron chi connectivity index (χ4n) is 3.25. The van der Waals surface area contributed by atoms with Gasteiger partial charge in [-0.2, -0.15) is 22.1 Å². The average Bonchev–Trinajstić information content (AvgIpc) is 3.10. The van der Waals surface area contributed by atoms with E-state index in [9.17, 15) is 8.42 Å². The minimum Gasteiger partial charge on any atom is -0.263 e. The minimum absolute atomic E-state index is 0.221. The van der Waals surface area contributed by atoms with Crippen LogP contribution in [-0.2, 0) is 16.8 Å². The van der Waals surface area contributed by atoms with Crippen LogP contribution in [0.5, 0.6) is 0 Å². The zero-order chi connectivity index (χ0) is 18.7. The van der Waals surface area contributed by atoms with Gasteiger partial charge in [0.25, 0.3) is 10.2 Å². The van der Waals surface area contributed by atoms with Gasteiger partial charge < -0.3 is 0 Å². The predicted octanol–water partition coefficient (Wildman–Crippen LogP) is 1.74. The Kier molecular flexibility index (Phi) is 5.69. The molecule has 0 N–H and O–H groups in total. The Morgan fingerprint density at radius 1 is 1.23 bits per heavy atom. The second kappa shape index (κ2) is 7.81. The van der Waals surface area contributed by atoms with Crippen LogP contribution < -0.4 is 0 Å². The Bertz CT molecular complexity index is 840. The van der Waals surface area contributed by atoms with Gasteiger partial charge >= 0.3 is 0 Å². The fourth-order valence-corrected chi connectivity index (χ4v) is 4.39. The highest BCUT2D eigenvalue weighted by Gasteiger charge is 2.30. The van der Waals surface area contributed by atoms with E-state index < -0.39 is 10.2 Å². The first-order valence-corrected chi connectivity index (χ1v) is 10.3. The first kappa shape index (κ1) is 18.9. The first-order valence-electron chi connectivity index (χ1n) is 8.95. The molecule has 0 unspecified atom stereocenters. The maximum absolute atomic E-state index is 12.3. The summed E-state index contributed by atoms with van der Waals surface area (Å²) in [5, 5.41) is 4.35. The summed E-state index contributed by atoms with van der Waals surface area (Å²) in [5.41, 5.74) is 2.71. The van der Waals surface area contributed by atoms with Crippen LogP contribution >= 0.6 is 0 Å². The van der Waals surface area contributed by atoms with Crippen molar-refractivity contribution < 1.29 is 8.42 Å². The van der Waals surface area contributed by atoms with Crippen LogP contribution in [0.1, 0.15) is 37.8 Å². The lowest BCUT2D eigenvalue weighted by Crippen LogP contribution is -2.44. The maximum Gasteiger partial charge on any atom is 0.281 e. The van der Waals surface area contributed by atoms with Crippen molar-refractivity contribution in [3.63, 3.8) is 0 Å². The van der Waals surface area contributed by atoms with Crippen molar-refractivity contribution >= 4 is 10.2 Å².